The molecule has 0 nitrogen and oxygen atoms in total. The van der Waals surface area contributed by atoms with Gasteiger partial charge in [0.25, 0.3) is 0 Å². The first-order valence-electron chi connectivity index (χ1n) is 4.22. The number of halogens is 3. The van der Waals surface area contributed by atoms with E-state index >= 15 is 0 Å². The van der Waals surface area contributed by atoms with E-state index in [1.165, 1.54) is 6.07 Å². The molecule has 0 unspecified atom stereocenters. The van der Waals surface area contributed by atoms with Gasteiger partial charge in [-0.1, -0.05) is 23.6 Å². The van der Waals surface area contributed by atoms with Crippen LogP contribution in [0.1, 0.15) is 18.4 Å². The van der Waals surface area contributed by atoms with Crippen LogP contribution < -0.4 is 0 Å². The van der Waals surface area contributed by atoms with E-state index in [2.05, 4.69) is 5.92 Å². The van der Waals surface area contributed by atoms with Crippen LogP contribution in [0.4, 0.5) is 8.78 Å². The molecule has 72 valence electrons. The van der Waals surface area contributed by atoms with Gasteiger partial charge in [-0.3, -0.25) is 0 Å². The summed E-state index contributed by atoms with van der Waals surface area (Å²) in [6.45, 7) is 0. The van der Waals surface area contributed by atoms with Gasteiger partial charge < -0.3 is 0 Å². The fourth-order valence-corrected chi connectivity index (χ4v) is 1.68. The van der Waals surface area contributed by atoms with E-state index in [1.807, 2.05) is 0 Å². The van der Waals surface area contributed by atoms with Crippen LogP contribution >= 0.6 is 11.6 Å². The van der Waals surface area contributed by atoms with Gasteiger partial charge in [0.2, 0.25) is 0 Å². The Bertz CT molecular complexity index is 428. The summed E-state index contributed by atoms with van der Waals surface area (Å²) in [5.41, 5.74) is -0.201. The summed E-state index contributed by atoms with van der Waals surface area (Å²) in [4.78, 5) is 0. The van der Waals surface area contributed by atoms with Gasteiger partial charge in [-0.25, -0.2) is 8.78 Å². The van der Waals surface area contributed by atoms with Gasteiger partial charge in [0, 0.05) is 5.56 Å². The molecule has 0 aromatic heterocycles. The molecule has 2 rings (SSSR count). The zero-order valence-electron chi connectivity index (χ0n) is 7.28. The lowest BCUT2D eigenvalue weighted by Gasteiger charge is -2.10. The highest BCUT2D eigenvalue weighted by Gasteiger charge is 2.45. The Hall–Kier alpha value is -1.07. The number of terminal acetylenes is 1. The topological polar surface area (TPSA) is 0 Å². The first-order chi connectivity index (χ1) is 6.60. The van der Waals surface area contributed by atoms with Crippen LogP contribution in [0.3, 0.4) is 0 Å². The fourth-order valence-electron chi connectivity index (χ4n) is 1.51. The van der Waals surface area contributed by atoms with Gasteiger partial charge in [0.1, 0.15) is 16.7 Å². The second kappa shape index (κ2) is 2.96. The molecule has 0 spiro atoms. The zero-order chi connectivity index (χ0) is 10.3. The van der Waals surface area contributed by atoms with Crippen molar-refractivity contribution >= 4 is 11.6 Å². The molecule has 1 saturated carbocycles. The summed E-state index contributed by atoms with van der Waals surface area (Å²) in [6.07, 6.45) is 6.78. The van der Waals surface area contributed by atoms with Crippen LogP contribution in [0.5, 0.6) is 0 Å². The van der Waals surface area contributed by atoms with Crippen molar-refractivity contribution in [1.29, 1.82) is 0 Å². The molecule has 1 aliphatic rings. The van der Waals surface area contributed by atoms with Crippen LogP contribution in [-0.4, -0.2) is 0 Å². The van der Waals surface area contributed by atoms with Crippen LogP contribution in [0.25, 0.3) is 0 Å². The van der Waals surface area contributed by atoms with Crippen LogP contribution in [-0.2, 0) is 5.41 Å². The first kappa shape index (κ1) is 9.48. The Morgan fingerprint density at radius 1 is 1.36 bits per heavy atom. The monoisotopic (exact) mass is 212 g/mol. The van der Waals surface area contributed by atoms with E-state index in [1.54, 1.807) is 0 Å². The van der Waals surface area contributed by atoms with E-state index in [0.29, 0.717) is 5.56 Å². The van der Waals surface area contributed by atoms with Crippen molar-refractivity contribution in [2.45, 2.75) is 18.3 Å². The molecule has 1 aromatic rings. The number of rotatable bonds is 1. The van der Waals surface area contributed by atoms with E-state index < -0.39 is 22.1 Å². The molecule has 0 amide bonds. The minimum atomic E-state index is -0.749. The third-order valence-corrected chi connectivity index (χ3v) is 2.92. The maximum Gasteiger partial charge on any atom is 0.149 e. The molecule has 1 aliphatic carbocycles. The maximum absolute atomic E-state index is 13.5. The number of benzene rings is 1. The SMILES string of the molecule is C#CC1(c2ccc(F)c(Cl)c2F)CC1. The molecule has 0 bridgehead atoms. The van der Waals surface area contributed by atoms with Crippen LogP contribution in [0, 0.1) is 24.0 Å². The number of hydrogen-bond donors (Lipinski definition) is 0. The van der Waals surface area contributed by atoms with E-state index in [-0.39, 0.29) is 0 Å². The molecule has 0 aliphatic heterocycles. The van der Waals surface area contributed by atoms with Gasteiger partial charge in [-0.05, 0) is 18.9 Å². The summed E-state index contributed by atoms with van der Waals surface area (Å²) in [6, 6.07) is 2.53. The Labute approximate surface area is 85.9 Å². The lowest BCUT2D eigenvalue weighted by molar-refractivity contribution is 0.567. The van der Waals surface area contributed by atoms with Crippen LogP contribution in [0.15, 0.2) is 12.1 Å². The lowest BCUT2D eigenvalue weighted by Crippen LogP contribution is -2.06. The Kier molecular flexibility index (Phi) is 2.01. The van der Waals surface area contributed by atoms with E-state index in [9.17, 15) is 8.78 Å². The molecule has 14 heavy (non-hydrogen) atoms. The molecule has 3 heteroatoms. The van der Waals surface area contributed by atoms with Gasteiger partial charge in [-0.15, -0.1) is 6.42 Å². The predicted molar refractivity (Wildman–Crippen MR) is 51.1 cm³/mol. The molecule has 0 atom stereocenters. The lowest BCUT2D eigenvalue weighted by atomic mass is 9.96. The van der Waals surface area contributed by atoms with Gasteiger partial charge >= 0.3 is 0 Å². The summed E-state index contributed by atoms with van der Waals surface area (Å²) >= 11 is 5.46. The van der Waals surface area contributed by atoms with Crippen molar-refractivity contribution in [3.05, 3.63) is 34.4 Å². The molecule has 1 fully saturated rings. The highest BCUT2D eigenvalue weighted by Crippen LogP contribution is 2.49. The summed E-state index contributed by atoms with van der Waals surface area (Å²) in [7, 11) is 0. The van der Waals surface area contributed by atoms with Crippen molar-refractivity contribution in [2.24, 2.45) is 0 Å². The molecule has 0 N–H and O–H groups in total. The third-order valence-electron chi connectivity index (χ3n) is 2.58. The van der Waals surface area contributed by atoms with E-state index in [0.717, 1.165) is 18.9 Å². The van der Waals surface area contributed by atoms with Crippen molar-refractivity contribution in [2.75, 3.05) is 0 Å². The standard InChI is InChI=1S/C11H7ClF2/c1-2-11(5-6-11)7-3-4-8(13)9(12)10(7)14/h1,3-4H,5-6H2. The highest BCUT2D eigenvalue weighted by molar-refractivity contribution is 6.31. The van der Waals surface area contributed by atoms with Gasteiger partial charge in [-0.2, -0.15) is 0 Å². The van der Waals surface area contributed by atoms with Crippen molar-refractivity contribution < 1.29 is 8.78 Å². The molecule has 0 heterocycles. The molecule has 0 radical (unpaired) electrons. The van der Waals surface area contributed by atoms with Gasteiger partial charge in [0.15, 0.2) is 0 Å². The summed E-state index contributed by atoms with van der Waals surface area (Å²) in [5, 5.41) is -0.468. The maximum atomic E-state index is 13.5. The van der Waals surface area contributed by atoms with Crippen molar-refractivity contribution in [3.8, 4) is 12.3 Å². The smallest absolute Gasteiger partial charge is 0.149 e. The predicted octanol–water partition coefficient (Wildman–Crippen LogP) is 3.28. The molecule has 0 saturated heterocycles. The molecular formula is C11H7ClF2. The Morgan fingerprint density at radius 2 is 2.00 bits per heavy atom. The second-order valence-electron chi connectivity index (χ2n) is 3.45. The minimum absolute atomic E-state index is 0.339. The van der Waals surface area contributed by atoms with Crippen molar-refractivity contribution in [1.82, 2.24) is 0 Å². The fraction of sp³-hybridized carbons (Fsp3) is 0.273. The first-order valence-corrected chi connectivity index (χ1v) is 4.60. The average molecular weight is 213 g/mol. The quantitative estimate of drug-likeness (QED) is 0.495. The molecular weight excluding hydrogens is 206 g/mol. The highest BCUT2D eigenvalue weighted by atomic mass is 35.5. The molecule has 1 aromatic carbocycles. The summed E-state index contributed by atoms with van der Waals surface area (Å²) in [5.74, 6) is 1.07. The summed E-state index contributed by atoms with van der Waals surface area (Å²) < 4.78 is 26.4. The third kappa shape index (κ3) is 1.20. The second-order valence-corrected chi connectivity index (χ2v) is 3.83. The van der Waals surface area contributed by atoms with E-state index in [4.69, 9.17) is 18.0 Å². The Morgan fingerprint density at radius 3 is 2.50 bits per heavy atom. The zero-order valence-corrected chi connectivity index (χ0v) is 8.04. The minimum Gasteiger partial charge on any atom is -0.205 e. The average Bonchev–Trinajstić information content (AvgIpc) is 2.95. The van der Waals surface area contributed by atoms with Crippen molar-refractivity contribution in [3.63, 3.8) is 0 Å². The largest absolute Gasteiger partial charge is 0.205 e. The number of hydrogen-bond acceptors (Lipinski definition) is 0. The van der Waals surface area contributed by atoms with Gasteiger partial charge in [0.05, 0.1) is 5.41 Å². The normalized spacial score (nSPS) is 17.6. The van der Waals surface area contributed by atoms with Crippen LogP contribution in [0.2, 0.25) is 5.02 Å². The Balaban J connectivity index is 2.57.